The molecule has 8 heteroatoms. The van der Waals surface area contributed by atoms with Gasteiger partial charge in [-0.25, -0.2) is 13.2 Å². The smallest absolute Gasteiger partial charge is 0.339 e. The van der Waals surface area contributed by atoms with Gasteiger partial charge in [-0.1, -0.05) is 25.1 Å². The van der Waals surface area contributed by atoms with Crippen molar-refractivity contribution in [2.24, 2.45) is 0 Å². The molecule has 0 aromatic heterocycles. The van der Waals surface area contributed by atoms with Crippen molar-refractivity contribution in [3.63, 3.8) is 0 Å². The van der Waals surface area contributed by atoms with Crippen LogP contribution in [-0.4, -0.2) is 37.3 Å². The van der Waals surface area contributed by atoms with E-state index in [1.54, 1.807) is 24.3 Å². The average molecular weight is 375 g/mol. The number of rotatable bonds is 4. The molecule has 1 aliphatic heterocycles. The Bertz CT molecular complexity index is 983. The Labute approximate surface area is 150 Å². The van der Waals surface area contributed by atoms with Crippen LogP contribution >= 0.6 is 0 Å². The first-order chi connectivity index (χ1) is 12.3. The number of ether oxygens (including phenoxy) is 1. The number of phenols is 1. The van der Waals surface area contributed by atoms with E-state index in [9.17, 15) is 23.1 Å². The molecule has 2 aromatic carbocycles. The first-order valence-corrected chi connectivity index (χ1v) is 9.62. The fourth-order valence-electron chi connectivity index (χ4n) is 2.67. The largest absolute Gasteiger partial charge is 0.506 e. The first-order valence-electron chi connectivity index (χ1n) is 7.97. The van der Waals surface area contributed by atoms with Crippen LogP contribution in [0.2, 0.25) is 0 Å². The number of amides is 1. The SMILES string of the molecule is CCS(=O)(=O)c1ccc(O)c(NC(=O)C2Cc3ccccc3C(=O)O2)c1. The summed E-state index contributed by atoms with van der Waals surface area (Å²) < 4.78 is 29.1. The second-order valence-electron chi connectivity index (χ2n) is 5.83. The minimum Gasteiger partial charge on any atom is -0.506 e. The van der Waals surface area contributed by atoms with Gasteiger partial charge in [-0.05, 0) is 29.8 Å². The van der Waals surface area contributed by atoms with Gasteiger partial charge in [-0.2, -0.15) is 0 Å². The van der Waals surface area contributed by atoms with E-state index in [0.717, 1.165) is 0 Å². The van der Waals surface area contributed by atoms with Gasteiger partial charge in [-0.15, -0.1) is 0 Å². The molecule has 2 N–H and O–H groups in total. The van der Waals surface area contributed by atoms with Crippen molar-refractivity contribution in [2.45, 2.75) is 24.3 Å². The Morgan fingerprint density at radius 3 is 2.73 bits per heavy atom. The van der Waals surface area contributed by atoms with Gasteiger partial charge in [0.25, 0.3) is 5.91 Å². The first kappa shape index (κ1) is 17.9. The molecule has 1 unspecified atom stereocenters. The Morgan fingerprint density at radius 2 is 2.00 bits per heavy atom. The molecular weight excluding hydrogens is 358 g/mol. The molecule has 0 bridgehead atoms. The van der Waals surface area contributed by atoms with Crippen LogP contribution in [0.1, 0.15) is 22.8 Å². The second kappa shape index (κ2) is 6.80. The Morgan fingerprint density at radius 1 is 1.27 bits per heavy atom. The normalized spacial score (nSPS) is 16.5. The van der Waals surface area contributed by atoms with Crippen molar-refractivity contribution < 1.29 is 27.9 Å². The van der Waals surface area contributed by atoms with Gasteiger partial charge in [0.1, 0.15) is 5.75 Å². The average Bonchev–Trinajstić information content (AvgIpc) is 2.63. The number of anilines is 1. The lowest BCUT2D eigenvalue weighted by atomic mass is 9.98. The van der Waals surface area contributed by atoms with Gasteiger partial charge in [0.15, 0.2) is 15.9 Å². The molecule has 3 rings (SSSR count). The number of nitrogens with one attached hydrogen (secondary N) is 1. The van der Waals surface area contributed by atoms with E-state index in [0.29, 0.717) is 11.1 Å². The van der Waals surface area contributed by atoms with Crippen LogP contribution in [0, 0.1) is 0 Å². The maximum absolute atomic E-state index is 12.5. The summed E-state index contributed by atoms with van der Waals surface area (Å²) in [4.78, 5) is 24.5. The van der Waals surface area contributed by atoms with E-state index >= 15 is 0 Å². The highest BCUT2D eigenvalue weighted by molar-refractivity contribution is 7.91. The fourth-order valence-corrected chi connectivity index (χ4v) is 3.57. The molecule has 0 aliphatic carbocycles. The molecule has 0 radical (unpaired) electrons. The number of cyclic esters (lactones) is 1. The number of sulfone groups is 1. The lowest BCUT2D eigenvalue weighted by Gasteiger charge is -2.24. The van der Waals surface area contributed by atoms with Gasteiger partial charge in [0.2, 0.25) is 0 Å². The monoisotopic (exact) mass is 375 g/mol. The summed E-state index contributed by atoms with van der Waals surface area (Å²) in [5.41, 5.74) is 1.05. The number of esters is 1. The molecule has 26 heavy (non-hydrogen) atoms. The molecule has 136 valence electrons. The molecule has 0 spiro atoms. The highest BCUT2D eigenvalue weighted by atomic mass is 32.2. The molecule has 0 saturated heterocycles. The zero-order chi connectivity index (χ0) is 18.9. The van der Waals surface area contributed by atoms with Crippen LogP contribution in [0.5, 0.6) is 5.75 Å². The summed E-state index contributed by atoms with van der Waals surface area (Å²) in [6, 6.07) is 10.5. The predicted molar refractivity (Wildman–Crippen MR) is 93.8 cm³/mol. The minimum absolute atomic E-state index is 0.0147. The Balaban J connectivity index is 1.83. The molecule has 1 aliphatic rings. The van der Waals surface area contributed by atoms with E-state index < -0.39 is 27.8 Å². The highest BCUT2D eigenvalue weighted by Crippen LogP contribution is 2.28. The van der Waals surface area contributed by atoms with Crippen molar-refractivity contribution in [2.75, 3.05) is 11.1 Å². The predicted octanol–water partition coefficient (Wildman–Crippen LogP) is 1.91. The van der Waals surface area contributed by atoms with Crippen LogP contribution in [0.15, 0.2) is 47.4 Å². The van der Waals surface area contributed by atoms with Crippen LogP contribution in [-0.2, 0) is 25.8 Å². The Kier molecular flexibility index (Phi) is 4.69. The number of phenolic OH excluding ortho intramolecular Hbond substituents is 1. The summed E-state index contributed by atoms with van der Waals surface area (Å²) in [5.74, 6) is -1.63. The van der Waals surface area contributed by atoms with Crippen LogP contribution in [0.4, 0.5) is 5.69 Å². The van der Waals surface area contributed by atoms with E-state index in [1.165, 1.54) is 25.1 Å². The number of hydrogen-bond donors (Lipinski definition) is 2. The molecule has 2 aromatic rings. The van der Waals surface area contributed by atoms with Crippen LogP contribution in [0.25, 0.3) is 0 Å². The van der Waals surface area contributed by atoms with Gasteiger partial charge in [-0.3, -0.25) is 4.79 Å². The molecule has 7 nitrogen and oxygen atoms in total. The Hall–Kier alpha value is -2.87. The van der Waals surface area contributed by atoms with Crippen molar-refractivity contribution in [3.05, 3.63) is 53.6 Å². The lowest BCUT2D eigenvalue weighted by Crippen LogP contribution is -2.38. The topological polar surface area (TPSA) is 110 Å². The molecule has 0 fully saturated rings. The minimum atomic E-state index is -3.49. The standard InChI is InChI=1S/C18H17NO6S/c1-2-26(23,24)12-7-8-15(20)14(10-12)19-17(21)16-9-11-5-3-4-6-13(11)18(22)25-16/h3-8,10,16,20H,2,9H2,1H3,(H,19,21). The lowest BCUT2D eigenvalue weighted by molar-refractivity contribution is -0.125. The third-order valence-corrected chi connectivity index (χ3v) is 5.88. The number of benzene rings is 2. The number of carbonyl (C=O) groups excluding carboxylic acids is 2. The van der Waals surface area contributed by atoms with E-state index in [4.69, 9.17) is 4.74 Å². The summed E-state index contributed by atoms with van der Waals surface area (Å²) in [6.45, 7) is 1.50. The molecule has 1 atom stereocenters. The van der Waals surface area contributed by atoms with E-state index in [2.05, 4.69) is 5.32 Å². The van der Waals surface area contributed by atoms with Crippen molar-refractivity contribution in [1.29, 1.82) is 0 Å². The van der Waals surface area contributed by atoms with Gasteiger partial charge >= 0.3 is 5.97 Å². The highest BCUT2D eigenvalue weighted by Gasteiger charge is 2.31. The summed E-state index contributed by atoms with van der Waals surface area (Å²) in [7, 11) is -3.49. The molecule has 0 saturated carbocycles. The maximum atomic E-state index is 12.5. The van der Waals surface area contributed by atoms with Crippen LogP contribution in [0.3, 0.4) is 0 Å². The van der Waals surface area contributed by atoms with Gasteiger partial charge < -0.3 is 15.2 Å². The number of aromatic hydroxyl groups is 1. The van der Waals surface area contributed by atoms with E-state index in [-0.39, 0.29) is 28.5 Å². The maximum Gasteiger partial charge on any atom is 0.339 e. The molecule has 1 heterocycles. The number of fused-ring (bicyclic) bond motifs is 1. The quantitative estimate of drug-likeness (QED) is 0.624. The number of hydrogen-bond acceptors (Lipinski definition) is 6. The van der Waals surface area contributed by atoms with Crippen molar-refractivity contribution in [1.82, 2.24) is 0 Å². The van der Waals surface area contributed by atoms with Gasteiger partial charge in [0, 0.05) is 6.42 Å². The summed E-state index contributed by atoms with van der Waals surface area (Å²) >= 11 is 0. The van der Waals surface area contributed by atoms with E-state index in [1.807, 2.05) is 0 Å². The van der Waals surface area contributed by atoms with Crippen molar-refractivity contribution >= 4 is 27.4 Å². The summed E-state index contributed by atoms with van der Waals surface area (Å²) in [6.07, 6.45) is -0.871. The molecular formula is C18H17NO6S. The zero-order valence-corrected chi connectivity index (χ0v) is 14.7. The van der Waals surface area contributed by atoms with Crippen molar-refractivity contribution in [3.8, 4) is 5.75 Å². The zero-order valence-electron chi connectivity index (χ0n) is 13.9. The third-order valence-electron chi connectivity index (χ3n) is 4.15. The fraction of sp³-hybridized carbons (Fsp3) is 0.222. The van der Waals surface area contributed by atoms with Crippen LogP contribution < -0.4 is 5.32 Å². The second-order valence-corrected chi connectivity index (χ2v) is 8.11. The number of carbonyl (C=O) groups is 2. The summed E-state index contributed by atoms with van der Waals surface area (Å²) in [5, 5.41) is 12.4. The third kappa shape index (κ3) is 3.41. The molecule has 1 amide bonds. The van der Waals surface area contributed by atoms with Gasteiger partial charge in [0.05, 0.1) is 21.9 Å².